The molecule has 7 heteroatoms. The second-order valence-electron chi connectivity index (χ2n) is 7.89. The number of anilines is 2. The predicted molar refractivity (Wildman–Crippen MR) is 128 cm³/mol. The Kier molecular flexibility index (Phi) is 5.62. The van der Waals surface area contributed by atoms with Gasteiger partial charge < -0.3 is 19.4 Å². The highest BCUT2D eigenvalue weighted by Gasteiger charge is 2.30. The van der Waals surface area contributed by atoms with Crippen LogP contribution in [-0.2, 0) is 6.54 Å². The van der Waals surface area contributed by atoms with E-state index in [2.05, 4.69) is 26.8 Å². The number of aliphatic imine (C=N–C) groups is 1. The molecule has 0 bridgehead atoms. The molecule has 0 unspecified atom stereocenters. The summed E-state index contributed by atoms with van der Waals surface area (Å²) in [6.07, 6.45) is 0. The first-order valence-electron chi connectivity index (χ1n) is 10.7. The van der Waals surface area contributed by atoms with Crippen LogP contribution in [0.3, 0.4) is 0 Å². The van der Waals surface area contributed by atoms with Crippen molar-refractivity contribution in [1.82, 2.24) is 4.90 Å². The molecule has 1 saturated heterocycles. The van der Waals surface area contributed by atoms with Gasteiger partial charge in [-0.2, -0.15) is 0 Å². The predicted octanol–water partition coefficient (Wildman–Crippen LogP) is 5.32. The second-order valence-corrected chi connectivity index (χ2v) is 8.33. The Balaban J connectivity index is 1.46. The van der Waals surface area contributed by atoms with Gasteiger partial charge in [-0.3, -0.25) is 0 Å². The highest BCUT2D eigenvalue weighted by molar-refractivity contribution is 6.31. The van der Waals surface area contributed by atoms with Gasteiger partial charge in [0.1, 0.15) is 11.6 Å². The fraction of sp³-hybridized carbons (Fsp3) is 0.240. The average Bonchev–Trinajstić information content (AvgIpc) is 2.84. The first kappa shape index (κ1) is 20.6. The van der Waals surface area contributed by atoms with Crippen molar-refractivity contribution in [2.75, 3.05) is 43.1 Å². The van der Waals surface area contributed by atoms with Gasteiger partial charge in [-0.15, -0.1) is 0 Å². The fourth-order valence-corrected chi connectivity index (χ4v) is 4.45. The average molecular weight is 451 g/mol. The van der Waals surface area contributed by atoms with Crippen LogP contribution in [0.2, 0.25) is 5.02 Å². The minimum absolute atomic E-state index is 0.214. The Morgan fingerprint density at radius 2 is 1.62 bits per heavy atom. The highest BCUT2D eigenvalue weighted by atomic mass is 35.5. The molecule has 0 aromatic heterocycles. The summed E-state index contributed by atoms with van der Waals surface area (Å²) in [6.45, 7) is 3.94. The normalized spacial score (nSPS) is 16.0. The quantitative estimate of drug-likeness (QED) is 0.540. The molecule has 5 rings (SSSR count). The van der Waals surface area contributed by atoms with Crippen molar-refractivity contribution < 1.29 is 9.13 Å². The number of benzene rings is 3. The molecule has 164 valence electrons. The summed E-state index contributed by atoms with van der Waals surface area (Å²) in [5, 5.41) is 0.653. The van der Waals surface area contributed by atoms with Gasteiger partial charge in [0.2, 0.25) is 5.96 Å². The van der Waals surface area contributed by atoms with Gasteiger partial charge in [0.25, 0.3) is 0 Å². The molecule has 0 atom stereocenters. The number of halogens is 2. The number of hydrogen-bond donors (Lipinski definition) is 0. The topological polar surface area (TPSA) is 31.3 Å². The van der Waals surface area contributed by atoms with Crippen molar-refractivity contribution in [3.63, 3.8) is 0 Å². The summed E-state index contributed by atoms with van der Waals surface area (Å²) in [4.78, 5) is 11.8. The lowest BCUT2D eigenvalue weighted by atomic mass is 10.1. The number of nitrogens with zero attached hydrogens (tertiary/aromatic N) is 4. The van der Waals surface area contributed by atoms with Crippen LogP contribution >= 0.6 is 11.6 Å². The van der Waals surface area contributed by atoms with E-state index in [-0.39, 0.29) is 5.82 Å². The van der Waals surface area contributed by atoms with Gasteiger partial charge in [0.15, 0.2) is 0 Å². The van der Waals surface area contributed by atoms with Crippen LogP contribution < -0.4 is 14.5 Å². The number of para-hydroxylation sites is 1. The van der Waals surface area contributed by atoms with Crippen LogP contribution in [-0.4, -0.2) is 44.1 Å². The van der Waals surface area contributed by atoms with Crippen LogP contribution in [0.5, 0.6) is 5.75 Å². The lowest BCUT2D eigenvalue weighted by Gasteiger charge is -2.42. The maximum Gasteiger partial charge on any atom is 0.206 e. The van der Waals surface area contributed by atoms with Crippen molar-refractivity contribution in [3.05, 3.63) is 83.1 Å². The molecule has 3 aromatic carbocycles. The van der Waals surface area contributed by atoms with E-state index in [1.807, 2.05) is 42.5 Å². The van der Waals surface area contributed by atoms with Gasteiger partial charge >= 0.3 is 0 Å². The Morgan fingerprint density at radius 3 is 2.38 bits per heavy atom. The second kappa shape index (κ2) is 8.71. The van der Waals surface area contributed by atoms with E-state index >= 15 is 0 Å². The molecule has 0 aliphatic carbocycles. The Labute approximate surface area is 192 Å². The number of ether oxygens (including phenoxy) is 1. The summed E-state index contributed by atoms with van der Waals surface area (Å²) in [6, 6.07) is 20.6. The molecule has 0 N–H and O–H groups in total. The molecule has 0 amide bonds. The zero-order valence-electron chi connectivity index (χ0n) is 17.8. The third kappa shape index (κ3) is 3.98. The van der Waals surface area contributed by atoms with Gasteiger partial charge in [-0.05, 0) is 54.1 Å². The summed E-state index contributed by atoms with van der Waals surface area (Å²) >= 11 is 6.36. The number of piperazine rings is 1. The standard InChI is InChI=1S/C25H24ClFN4O/c1-32-24-11-6-19(26)16-23(24)31-17-18-4-2-3-5-22(18)28-25(31)30-14-12-29(13-15-30)21-9-7-20(27)8-10-21/h2-11,16H,12-15,17H2,1H3. The molecule has 0 radical (unpaired) electrons. The van der Waals surface area contributed by atoms with E-state index in [1.165, 1.54) is 12.1 Å². The van der Waals surface area contributed by atoms with Crippen molar-refractivity contribution in [3.8, 4) is 5.75 Å². The molecule has 0 saturated carbocycles. The van der Waals surface area contributed by atoms with Gasteiger partial charge in [-0.1, -0.05) is 29.8 Å². The van der Waals surface area contributed by atoms with Crippen molar-refractivity contribution >= 4 is 34.6 Å². The van der Waals surface area contributed by atoms with Gasteiger partial charge in [-0.25, -0.2) is 9.38 Å². The third-order valence-electron chi connectivity index (χ3n) is 5.97. The first-order chi connectivity index (χ1) is 15.6. The van der Waals surface area contributed by atoms with Crippen LogP contribution in [0.4, 0.5) is 21.5 Å². The van der Waals surface area contributed by atoms with E-state index in [4.69, 9.17) is 21.3 Å². The van der Waals surface area contributed by atoms with E-state index in [0.717, 1.165) is 60.5 Å². The van der Waals surface area contributed by atoms with E-state index < -0.39 is 0 Å². The van der Waals surface area contributed by atoms with Crippen molar-refractivity contribution in [2.45, 2.75) is 6.54 Å². The van der Waals surface area contributed by atoms with E-state index in [1.54, 1.807) is 7.11 Å². The summed E-state index contributed by atoms with van der Waals surface area (Å²) < 4.78 is 19.0. The number of guanidine groups is 1. The van der Waals surface area contributed by atoms with Crippen LogP contribution in [0.1, 0.15) is 5.56 Å². The lowest BCUT2D eigenvalue weighted by molar-refractivity contribution is 0.376. The zero-order valence-corrected chi connectivity index (χ0v) is 18.6. The molecule has 32 heavy (non-hydrogen) atoms. The molecule has 2 heterocycles. The largest absolute Gasteiger partial charge is 0.495 e. The molecular weight excluding hydrogens is 427 g/mol. The number of hydrogen-bond acceptors (Lipinski definition) is 5. The number of fused-ring (bicyclic) bond motifs is 1. The lowest BCUT2D eigenvalue weighted by Crippen LogP contribution is -2.54. The maximum absolute atomic E-state index is 13.3. The number of methoxy groups -OCH3 is 1. The number of rotatable bonds is 3. The first-order valence-corrected chi connectivity index (χ1v) is 11.0. The van der Waals surface area contributed by atoms with Crippen molar-refractivity contribution in [2.24, 2.45) is 4.99 Å². The van der Waals surface area contributed by atoms with E-state index in [9.17, 15) is 4.39 Å². The van der Waals surface area contributed by atoms with Gasteiger partial charge in [0, 0.05) is 36.9 Å². The monoisotopic (exact) mass is 450 g/mol. The molecular formula is C25H24ClFN4O. The Morgan fingerprint density at radius 1 is 0.906 bits per heavy atom. The molecule has 0 spiro atoms. The van der Waals surface area contributed by atoms with Gasteiger partial charge in [0.05, 0.1) is 25.0 Å². The minimum atomic E-state index is -0.214. The fourth-order valence-electron chi connectivity index (χ4n) is 4.29. The third-order valence-corrected chi connectivity index (χ3v) is 6.20. The molecule has 2 aliphatic heterocycles. The Hall–Kier alpha value is -3.25. The van der Waals surface area contributed by atoms with Crippen LogP contribution in [0, 0.1) is 5.82 Å². The van der Waals surface area contributed by atoms with E-state index in [0.29, 0.717) is 11.6 Å². The summed E-state index contributed by atoms with van der Waals surface area (Å²) in [5.74, 6) is 1.43. The smallest absolute Gasteiger partial charge is 0.206 e. The summed E-state index contributed by atoms with van der Waals surface area (Å²) in [7, 11) is 1.67. The molecule has 5 nitrogen and oxygen atoms in total. The minimum Gasteiger partial charge on any atom is -0.495 e. The van der Waals surface area contributed by atoms with Crippen LogP contribution in [0.15, 0.2) is 71.7 Å². The SMILES string of the molecule is COc1ccc(Cl)cc1N1Cc2ccccc2N=C1N1CCN(c2ccc(F)cc2)CC1. The molecule has 3 aromatic rings. The molecule has 1 fully saturated rings. The zero-order chi connectivity index (χ0) is 22.1. The highest BCUT2D eigenvalue weighted by Crippen LogP contribution is 2.37. The van der Waals surface area contributed by atoms with Crippen LogP contribution in [0.25, 0.3) is 0 Å². The molecule has 2 aliphatic rings. The van der Waals surface area contributed by atoms with Crippen molar-refractivity contribution in [1.29, 1.82) is 0 Å². The summed E-state index contributed by atoms with van der Waals surface area (Å²) in [5.41, 5.74) is 4.08. The Bertz CT molecular complexity index is 1140. The maximum atomic E-state index is 13.3.